The minimum absolute atomic E-state index is 0.0816. The van der Waals surface area contributed by atoms with Crippen LogP contribution < -0.4 is 10.5 Å². The van der Waals surface area contributed by atoms with E-state index in [1.54, 1.807) is 0 Å². The zero-order valence-electron chi connectivity index (χ0n) is 9.83. The van der Waals surface area contributed by atoms with E-state index in [0.717, 1.165) is 0 Å². The zero-order valence-corrected chi connectivity index (χ0v) is 10.6. The van der Waals surface area contributed by atoms with E-state index < -0.39 is 38.5 Å². The van der Waals surface area contributed by atoms with Gasteiger partial charge in [-0.15, -0.1) is 0 Å². The normalized spacial score (nSPS) is 14.4. The second kappa shape index (κ2) is 5.43. The van der Waals surface area contributed by atoms with Crippen LogP contribution in [0, 0.1) is 5.82 Å². The molecule has 0 saturated carbocycles. The van der Waals surface area contributed by atoms with E-state index in [4.69, 9.17) is 5.73 Å². The number of hydrogen-bond acceptors (Lipinski definition) is 3. The smallest absolute Gasteiger partial charge is 0.329 e. The average molecular weight is 300 g/mol. The van der Waals surface area contributed by atoms with Crippen LogP contribution in [0.15, 0.2) is 23.1 Å². The zero-order chi connectivity index (χ0) is 14.8. The summed E-state index contributed by atoms with van der Waals surface area (Å²) in [5.41, 5.74) is 3.64. The Kier molecular flexibility index (Phi) is 4.54. The van der Waals surface area contributed by atoms with Crippen molar-refractivity contribution in [1.82, 2.24) is 4.72 Å². The first-order valence-electron chi connectivity index (χ1n) is 5.17. The number of halogens is 4. The van der Waals surface area contributed by atoms with Crippen LogP contribution in [0.25, 0.3) is 0 Å². The number of benzene rings is 1. The van der Waals surface area contributed by atoms with Crippen molar-refractivity contribution in [2.24, 2.45) is 5.73 Å². The van der Waals surface area contributed by atoms with Crippen molar-refractivity contribution < 1.29 is 26.0 Å². The lowest BCUT2D eigenvalue weighted by Crippen LogP contribution is -2.38. The summed E-state index contributed by atoms with van der Waals surface area (Å²) in [7, 11) is -4.42. The van der Waals surface area contributed by atoms with Gasteiger partial charge in [-0.05, 0) is 25.1 Å². The summed E-state index contributed by atoms with van der Waals surface area (Å²) in [5, 5.41) is 0. The monoisotopic (exact) mass is 300 g/mol. The molecule has 3 N–H and O–H groups in total. The molecule has 0 aromatic heterocycles. The highest BCUT2D eigenvalue weighted by Crippen LogP contribution is 2.34. The Balaban J connectivity index is 3.35. The Morgan fingerprint density at radius 1 is 1.37 bits per heavy atom. The van der Waals surface area contributed by atoms with Gasteiger partial charge in [0.05, 0.1) is 10.5 Å². The summed E-state index contributed by atoms with van der Waals surface area (Å²) < 4.78 is 76.5. The van der Waals surface area contributed by atoms with E-state index in [1.165, 1.54) is 6.92 Å². The maximum atomic E-state index is 12.9. The van der Waals surface area contributed by atoms with Crippen LogP contribution >= 0.6 is 0 Å². The van der Waals surface area contributed by atoms with Crippen molar-refractivity contribution >= 4 is 10.0 Å². The number of nitrogens with one attached hydrogen (secondary N) is 1. The highest BCUT2D eigenvalue weighted by Gasteiger charge is 2.37. The molecule has 0 unspecified atom stereocenters. The highest BCUT2D eigenvalue weighted by atomic mass is 32.2. The Labute approximate surface area is 107 Å². The minimum atomic E-state index is -4.97. The number of nitrogens with two attached hydrogens (primary N) is 1. The Bertz CT molecular complexity index is 557. The summed E-state index contributed by atoms with van der Waals surface area (Å²) in [6.45, 7) is 1.32. The second-order valence-corrected chi connectivity index (χ2v) is 5.58. The SMILES string of the molecule is C[C@@H](CN)NS(=O)(=O)c1ccc(F)cc1C(F)(F)F. The molecular weight excluding hydrogens is 288 g/mol. The summed E-state index contributed by atoms with van der Waals surface area (Å²) >= 11 is 0. The molecule has 0 saturated heterocycles. The lowest BCUT2D eigenvalue weighted by Gasteiger charge is -2.16. The van der Waals surface area contributed by atoms with Crippen LogP contribution in [-0.4, -0.2) is 21.0 Å². The van der Waals surface area contributed by atoms with Gasteiger partial charge in [-0.1, -0.05) is 0 Å². The van der Waals surface area contributed by atoms with Crippen molar-refractivity contribution in [3.05, 3.63) is 29.6 Å². The van der Waals surface area contributed by atoms with Gasteiger partial charge in [-0.2, -0.15) is 13.2 Å². The predicted octanol–water partition coefficient (Wildman–Crippen LogP) is 1.47. The summed E-state index contributed by atoms with van der Waals surface area (Å²) in [6, 6.07) is 0.624. The number of alkyl halides is 3. The van der Waals surface area contributed by atoms with Crippen LogP contribution in [0.1, 0.15) is 12.5 Å². The van der Waals surface area contributed by atoms with Gasteiger partial charge in [0, 0.05) is 12.6 Å². The van der Waals surface area contributed by atoms with Crippen molar-refractivity contribution in [2.75, 3.05) is 6.54 Å². The van der Waals surface area contributed by atoms with Crippen LogP contribution in [0.3, 0.4) is 0 Å². The van der Waals surface area contributed by atoms with Crippen LogP contribution in [0.4, 0.5) is 17.6 Å². The molecule has 0 aliphatic carbocycles. The minimum Gasteiger partial charge on any atom is -0.329 e. The van der Waals surface area contributed by atoms with Crippen molar-refractivity contribution in [1.29, 1.82) is 0 Å². The Morgan fingerprint density at radius 3 is 2.42 bits per heavy atom. The van der Waals surface area contributed by atoms with Crippen LogP contribution in [0.2, 0.25) is 0 Å². The molecule has 0 fully saturated rings. The Hall–Kier alpha value is -1.19. The quantitative estimate of drug-likeness (QED) is 0.827. The molecule has 108 valence electrons. The van der Waals surface area contributed by atoms with E-state index in [1.807, 2.05) is 4.72 Å². The van der Waals surface area contributed by atoms with Crippen molar-refractivity contribution in [2.45, 2.75) is 24.0 Å². The maximum Gasteiger partial charge on any atom is 0.417 e. The van der Waals surface area contributed by atoms with Gasteiger partial charge >= 0.3 is 6.18 Å². The molecule has 0 heterocycles. The molecule has 1 aromatic rings. The third-order valence-corrected chi connectivity index (χ3v) is 3.89. The van der Waals surface area contributed by atoms with Crippen LogP contribution in [-0.2, 0) is 16.2 Å². The second-order valence-electron chi connectivity index (χ2n) is 3.90. The molecular formula is C10H12F4N2O2S. The first-order valence-corrected chi connectivity index (χ1v) is 6.65. The third kappa shape index (κ3) is 3.88. The molecule has 9 heteroatoms. The Morgan fingerprint density at radius 2 is 1.95 bits per heavy atom. The molecule has 0 aliphatic rings. The van der Waals surface area contributed by atoms with E-state index in [2.05, 4.69) is 0 Å². The predicted molar refractivity (Wildman–Crippen MR) is 60.2 cm³/mol. The first kappa shape index (κ1) is 15.9. The standard InChI is InChI=1S/C10H12F4N2O2S/c1-6(5-15)16-19(17,18)9-3-2-7(11)4-8(9)10(12,13)14/h2-4,6,16H,5,15H2,1H3/t6-/m0/s1. The van der Waals surface area contributed by atoms with Gasteiger partial charge in [-0.25, -0.2) is 17.5 Å². The molecule has 0 bridgehead atoms. The van der Waals surface area contributed by atoms with Gasteiger partial charge in [0.2, 0.25) is 10.0 Å². The van der Waals surface area contributed by atoms with E-state index in [9.17, 15) is 26.0 Å². The molecule has 1 atom stereocenters. The molecule has 19 heavy (non-hydrogen) atoms. The van der Waals surface area contributed by atoms with Gasteiger partial charge in [0.1, 0.15) is 5.82 Å². The average Bonchev–Trinajstić information content (AvgIpc) is 2.26. The molecule has 4 nitrogen and oxygen atoms in total. The third-order valence-electron chi connectivity index (χ3n) is 2.25. The summed E-state index contributed by atoms with van der Waals surface area (Å²) in [6.07, 6.45) is -4.97. The fourth-order valence-electron chi connectivity index (χ4n) is 1.33. The molecule has 0 spiro atoms. The fourth-order valence-corrected chi connectivity index (χ4v) is 2.80. The fraction of sp³-hybridized carbons (Fsp3) is 0.400. The molecule has 1 rings (SSSR count). The van der Waals surface area contributed by atoms with Crippen molar-refractivity contribution in [3.63, 3.8) is 0 Å². The molecule has 0 radical (unpaired) electrons. The molecule has 1 aromatic carbocycles. The largest absolute Gasteiger partial charge is 0.417 e. The van der Waals surface area contributed by atoms with Crippen LogP contribution in [0.5, 0.6) is 0 Å². The highest BCUT2D eigenvalue weighted by molar-refractivity contribution is 7.89. The van der Waals surface area contributed by atoms with E-state index >= 15 is 0 Å². The number of hydrogen-bond donors (Lipinski definition) is 2. The summed E-state index contributed by atoms with van der Waals surface area (Å²) in [4.78, 5) is -1.03. The maximum absolute atomic E-state index is 12.9. The lowest BCUT2D eigenvalue weighted by atomic mass is 10.2. The van der Waals surface area contributed by atoms with Gasteiger partial charge < -0.3 is 5.73 Å². The van der Waals surface area contributed by atoms with E-state index in [-0.39, 0.29) is 12.6 Å². The number of sulfonamides is 1. The lowest BCUT2D eigenvalue weighted by molar-refractivity contribution is -0.140. The molecule has 0 amide bonds. The molecule has 0 aliphatic heterocycles. The van der Waals surface area contributed by atoms with E-state index in [0.29, 0.717) is 12.1 Å². The topological polar surface area (TPSA) is 72.2 Å². The number of rotatable bonds is 4. The van der Waals surface area contributed by atoms with Gasteiger partial charge in [0.25, 0.3) is 0 Å². The van der Waals surface area contributed by atoms with Gasteiger partial charge in [-0.3, -0.25) is 0 Å². The van der Waals surface area contributed by atoms with Crippen molar-refractivity contribution in [3.8, 4) is 0 Å². The summed E-state index contributed by atoms with van der Waals surface area (Å²) in [5.74, 6) is -1.17. The van der Waals surface area contributed by atoms with Gasteiger partial charge in [0.15, 0.2) is 0 Å². The first-order chi connectivity index (χ1) is 8.58.